The van der Waals surface area contributed by atoms with E-state index in [2.05, 4.69) is 5.32 Å². The number of carbonyl (C=O) groups is 2. The van der Waals surface area contributed by atoms with Crippen LogP contribution in [0.2, 0.25) is 0 Å². The Morgan fingerprint density at radius 1 is 0.871 bits per heavy atom. The Hall–Kier alpha value is -3.51. The zero-order valence-electron chi connectivity index (χ0n) is 17.5. The molecule has 31 heavy (non-hydrogen) atoms. The number of carbonyl (C=O) groups excluding carboxylic acids is 2. The topological polar surface area (TPSA) is 58.6 Å². The fourth-order valence-electron chi connectivity index (χ4n) is 3.35. The van der Waals surface area contributed by atoms with Gasteiger partial charge in [-0.15, -0.1) is 0 Å². The van der Waals surface area contributed by atoms with E-state index < -0.39 is 0 Å². The monoisotopic (exact) mass is 430 g/mol. The van der Waals surface area contributed by atoms with Crippen LogP contribution in [-0.4, -0.2) is 18.9 Å². The number of thioether (sulfide) groups is 1. The third kappa shape index (κ3) is 4.20. The van der Waals surface area contributed by atoms with E-state index in [-0.39, 0.29) is 17.5 Å². The van der Waals surface area contributed by atoms with Gasteiger partial charge in [-0.1, -0.05) is 48.2 Å². The van der Waals surface area contributed by atoms with E-state index in [9.17, 15) is 9.59 Å². The van der Waals surface area contributed by atoms with Crippen molar-refractivity contribution in [3.63, 3.8) is 0 Å². The molecule has 0 atom stereocenters. The minimum Gasteiger partial charge on any atom is -0.497 e. The van der Waals surface area contributed by atoms with E-state index in [0.29, 0.717) is 22.0 Å². The maximum Gasteiger partial charge on any atom is 0.283 e. The molecule has 0 unspecified atom stereocenters. The predicted octanol–water partition coefficient (Wildman–Crippen LogP) is 5.30. The van der Waals surface area contributed by atoms with Crippen molar-refractivity contribution in [2.24, 2.45) is 0 Å². The van der Waals surface area contributed by atoms with Gasteiger partial charge in [-0.2, -0.15) is 0 Å². The lowest BCUT2D eigenvalue weighted by atomic mass is 10.1. The summed E-state index contributed by atoms with van der Waals surface area (Å²) >= 11 is 1.28. The number of hydrogen-bond donors (Lipinski definition) is 1. The van der Waals surface area contributed by atoms with Crippen LogP contribution in [0.15, 0.2) is 88.3 Å². The van der Waals surface area contributed by atoms with Crippen LogP contribution in [0, 0.1) is 13.8 Å². The van der Waals surface area contributed by atoms with Gasteiger partial charge < -0.3 is 10.1 Å². The molecular weight excluding hydrogens is 408 g/mol. The Bertz CT molecular complexity index is 1190. The molecule has 0 saturated carbocycles. The number of aryl methyl sites for hydroxylation is 2. The summed E-state index contributed by atoms with van der Waals surface area (Å²) in [6.45, 7) is 3.84. The second-order valence-corrected chi connectivity index (χ2v) is 8.30. The third-order valence-electron chi connectivity index (χ3n) is 4.95. The molecule has 1 heterocycles. The van der Waals surface area contributed by atoms with Crippen LogP contribution in [0.1, 0.15) is 11.1 Å². The number of imide groups is 1. The average Bonchev–Trinajstić information content (AvgIpc) is 3.00. The van der Waals surface area contributed by atoms with Crippen LogP contribution in [0.25, 0.3) is 0 Å². The van der Waals surface area contributed by atoms with Gasteiger partial charge in [0.15, 0.2) is 0 Å². The SMILES string of the molecule is COc1cccc(NC2=C(Sc3ccccc3)C(=O)N(c3cc(C)ccc3C)C2=O)c1. The van der Waals surface area contributed by atoms with Crippen LogP contribution < -0.4 is 15.0 Å². The largest absolute Gasteiger partial charge is 0.497 e. The van der Waals surface area contributed by atoms with Crippen molar-refractivity contribution in [1.29, 1.82) is 0 Å². The summed E-state index contributed by atoms with van der Waals surface area (Å²) in [6, 6.07) is 22.6. The maximum atomic E-state index is 13.5. The van der Waals surface area contributed by atoms with Gasteiger partial charge in [-0.25, -0.2) is 4.90 Å². The first-order chi connectivity index (χ1) is 15.0. The van der Waals surface area contributed by atoms with E-state index in [1.54, 1.807) is 13.2 Å². The Kier molecular flexibility index (Phi) is 5.82. The smallest absolute Gasteiger partial charge is 0.283 e. The summed E-state index contributed by atoms with van der Waals surface area (Å²) in [7, 11) is 1.58. The number of nitrogens with one attached hydrogen (secondary N) is 1. The summed E-state index contributed by atoms with van der Waals surface area (Å²) < 4.78 is 5.29. The van der Waals surface area contributed by atoms with Crippen molar-refractivity contribution in [1.82, 2.24) is 0 Å². The fourth-order valence-corrected chi connectivity index (χ4v) is 4.29. The molecule has 0 bridgehead atoms. The Morgan fingerprint density at radius 3 is 2.39 bits per heavy atom. The summed E-state index contributed by atoms with van der Waals surface area (Å²) in [5.74, 6) is -0.0519. The number of nitrogens with zero attached hydrogens (tertiary/aromatic N) is 1. The molecule has 2 amide bonds. The predicted molar refractivity (Wildman–Crippen MR) is 124 cm³/mol. The van der Waals surface area contributed by atoms with Crippen molar-refractivity contribution in [2.45, 2.75) is 18.7 Å². The van der Waals surface area contributed by atoms with E-state index in [1.807, 2.05) is 80.6 Å². The van der Waals surface area contributed by atoms with Crippen LogP contribution in [-0.2, 0) is 9.59 Å². The molecule has 1 aliphatic rings. The molecule has 3 aromatic carbocycles. The average molecular weight is 431 g/mol. The van der Waals surface area contributed by atoms with E-state index in [1.165, 1.54) is 16.7 Å². The van der Waals surface area contributed by atoms with Gasteiger partial charge in [0.1, 0.15) is 16.4 Å². The highest BCUT2D eigenvalue weighted by Crippen LogP contribution is 2.39. The van der Waals surface area contributed by atoms with E-state index >= 15 is 0 Å². The van der Waals surface area contributed by atoms with Gasteiger partial charge in [-0.05, 0) is 55.3 Å². The summed E-state index contributed by atoms with van der Waals surface area (Å²) in [6.07, 6.45) is 0. The van der Waals surface area contributed by atoms with E-state index in [4.69, 9.17) is 4.74 Å². The molecule has 0 radical (unpaired) electrons. The molecule has 0 aromatic heterocycles. The van der Waals surface area contributed by atoms with E-state index in [0.717, 1.165) is 16.0 Å². The molecule has 0 aliphatic carbocycles. The highest BCUT2D eigenvalue weighted by Gasteiger charge is 2.40. The van der Waals surface area contributed by atoms with Crippen LogP contribution >= 0.6 is 11.8 Å². The molecule has 1 N–H and O–H groups in total. The number of methoxy groups -OCH3 is 1. The first-order valence-electron chi connectivity index (χ1n) is 9.82. The molecule has 3 aromatic rings. The summed E-state index contributed by atoms with van der Waals surface area (Å²) in [5, 5.41) is 3.17. The molecule has 4 rings (SSSR count). The highest BCUT2D eigenvalue weighted by molar-refractivity contribution is 8.04. The molecule has 6 heteroatoms. The van der Waals surface area contributed by atoms with Gasteiger partial charge >= 0.3 is 0 Å². The second-order valence-electron chi connectivity index (χ2n) is 7.21. The number of benzene rings is 3. The lowest BCUT2D eigenvalue weighted by Crippen LogP contribution is -2.33. The standard InChI is InChI=1S/C25H22N2O3S/c1-16-12-13-17(2)21(14-16)27-24(28)22(26-18-8-7-9-19(15-18)30-3)23(25(27)29)31-20-10-5-4-6-11-20/h4-15,26H,1-3H3. The van der Waals surface area contributed by atoms with Gasteiger partial charge in [0.05, 0.1) is 12.8 Å². The number of ether oxygens (including phenoxy) is 1. The van der Waals surface area contributed by atoms with Crippen LogP contribution in [0.4, 0.5) is 11.4 Å². The molecule has 156 valence electrons. The zero-order chi connectivity index (χ0) is 22.0. The lowest BCUT2D eigenvalue weighted by Gasteiger charge is -2.18. The van der Waals surface area contributed by atoms with Crippen molar-refractivity contribution in [3.8, 4) is 5.75 Å². The number of hydrogen-bond acceptors (Lipinski definition) is 5. The molecule has 5 nitrogen and oxygen atoms in total. The third-order valence-corrected chi connectivity index (χ3v) is 6.04. The second kappa shape index (κ2) is 8.70. The quantitative estimate of drug-likeness (QED) is 0.538. The molecule has 1 aliphatic heterocycles. The van der Waals surface area contributed by atoms with Gasteiger partial charge in [-0.3, -0.25) is 9.59 Å². The van der Waals surface area contributed by atoms with Gasteiger partial charge in [0.2, 0.25) is 0 Å². The fraction of sp³-hybridized carbons (Fsp3) is 0.120. The minimum atomic E-state index is -0.375. The van der Waals surface area contributed by atoms with Crippen molar-refractivity contribution < 1.29 is 14.3 Å². The highest BCUT2D eigenvalue weighted by atomic mass is 32.2. The van der Waals surface area contributed by atoms with Gasteiger partial charge in [0.25, 0.3) is 11.8 Å². The zero-order valence-corrected chi connectivity index (χ0v) is 18.3. The number of rotatable bonds is 6. The number of anilines is 2. The van der Waals surface area contributed by atoms with Gasteiger partial charge in [0, 0.05) is 16.6 Å². The molecule has 0 saturated heterocycles. The van der Waals surface area contributed by atoms with Crippen molar-refractivity contribution in [2.75, 3.05) is 17.3 Å². The lowest BCUT2D eigenvalue weighted by molar-refractivity contribution is -0.120. The normalized spacial score (nSPS) is 13.7. The van der Waals surface area contributed by atoms with Crippen LogP contribution in [0.5, 0.6) is 5.75 Å². The molecular formula is C25H22N2O3S. The Morgan fingerprint density at radius 2 is 1.65 bits per heavy atom. The van der Waals surface area contributed by atoms with Crippen molar-refractivity contribution in [3.05, 3.63) is 94.5 Å². The van der Waals surface area contributed by atoms with Crippen LogP contribution in [0.3, 0.4) is 0 Å². The first kappa shape index (κ1) is 20.8. The summed E-state index contributed by atoms with van der Waals surface area (Å²) in [4.78, 5) is 29.5. The molecule has 0 fully saturated rings. The number of amides is 2. The Balaban J connectivity index is 1.77. The molecule has 0 spiro atoms. The maximum absolute atomic E-state index is 13.5. The van der Waals surface area contributed by atoms with Crippen molar-refractivity contribution >= 4 is 35.0 Å². The summed E-state index contributed by atoms with van der Waals surface area (Å²) in [5.41, 5.74) is 3.37. The minimum absolute atomic E-state index is 0.257. The first-order valence-corrected chi connectivity index (χ1v) is 10.6. The Labute approximate surface area is 185 Å².